The number of aromatic nitrogens is 3. The Labute approximate surface area is 212 Å². The van der Waals surface area contributed by atoms with E-state index >= 15 is 0 Å². The van der Waals surface area contributed by atoms with Gasteiger partial charge in [-0.1, -0.05) is 56.8 Å². The second-order valence-electron chi connectivity index (χ2n) is 8.83. The van der Waals surface area contributed by atoms with Crippen LogP contribution >= 0.6 is 23.1 Å². The number of rotatable bonds is 8. The first-order valence-corrected chi connectivity index (χ1v) is 12.8. The molecule has 1 aromatic carbocycles. The van der Waals surface area contributed by atoms with Gasteiger partial charge >= 0.3 is 5.97 Å². The van der Waals surface area contributed by atoms with Crippen molar-refractivity contribution in [3.05, 3.63) is 45.8 Å². The van der Waals surface area contributed by atoms with E-state index in [4.69, 9.17) is 10.5 Å². The number of thiophene rings is 1. The molecule has 11 heteroatoms. The third kappa shape index (κ3) is 5.73. The number of nitrogens with one attached hydrogen (secondary N) is 1. The van der Waals surface area contributed by atoms with Gasteiger partial charge in [0.2, 0.25) is 5.91 Å². The average molecular weight is 516 g/mol. The number of amides is 2. The summed E-state index contributed by atoms with van der Waals surface area (Å²) in [5.74, 6) is -0.929. The van der Waals surface area contributed by atoms with Crippen molar-refractivity contribution in [2.24, 2.45) is 5.73 Å². The number of hydrogen-bond acceptors (Lipinski definition) is 8. The Bertz CT molecular complexity index is 1260. The van der Waals surface area contributed by atoms with Crippen molar-refractivity contribution in [2.75, 3.05) is 18.2 Å². The number of hydrogen-bond donors (Lipinski definition) is 2. The first-order valence-electron chi connectivity index (χ1n) is 11.0. The smallest absolute Gasteiger partial charge is 0.341 e. The molecule has 0 spiro atoms. The predicted molar refractivity (Wildman–Crippen MR) is 138 cm³/mol. The summed E-state index contributed by atoms with van der Waals surface area (Å²) in [5.41, 5.74) is 8.13. The number of nitrogens with two attached hydrogens (primary N) is 1. The number of thioether (sulfide) groups is 1. The van der Waals surface area contributed by atoms with E-state index in [0.29, 0.717) is 17.3 Å². The largest absolute Gasteiger partial charge is 0.465 e. The van der Waals surface area contributed by atoms with Gasteiger partial charge in [-0.2, -0.15) is 0 Å². The molecule has 0 radical (unpaired) electrons. The van der Waals surface area contributed by atoms with Crippen LogP contribution in [-0.4, -0.2) is 45.4 Å². The van der Waals surface area contributed by atoms with Crippen molar-refractivity contribution < 1.29 is 19.1 Å². The highest BCUT2D eigenvalue weighted by molar-refractivity contribution is 7.99. The summed E-state index contributed by atoms with van der Waals surface area (Å²) in [6.45, 7) is 10.7. The van der Waals surface area contributed by atoms with Crippen LogP contribution in [0.25, 0.3) is 11.4 Å². The molecular weight excluding hydrogens is 486 g/mol. The summed E-state index contributed by atoms with van der Waals surface area (Å²) in [4.78, 5) is 36.8. The molecule has 3 rings (SSSR count). The summed E-state index contributed by atoms with van der Waals surface area (Å²) in [6, 6.07) is 8.24. The Morgan fingerprint density at radius 1 is 1.17 bits per heavy atom. The van der Waals surface area contributed by atoms with Gasteiger partial charge in [0.25, 0.3) is 5.91 Å². The SMILES string of the molecule is CCn1c(SCC(=O)Nc2sc(C(N)=O)c(C)c2C(=O)OC)nnc1-c1ccc(C(C)(C)C)cc1. The third-order valence-electron chi connectivity index (χ3n) is 5.39. The van der Waals surface area contributed by atoms with Crippen molar-refractivity contribution in [3.63, 3.8) is 0 Å². The molecule has 0 saturated heterocycles. The van der Waals surface area contributed by atoms with Crippen molar-refractivity contribution in [1.82, 2.24) is 14.8 Å². The number of nitrogens with zero attached hydrogens (tertiary/aromatic N) is 3. The van der Waals surface area contributed by atoms with E-state index in [-0.39, 0.29) is 32.5 Å². The minimum absolute atomic E-state index is 0.0323. The maximum atomic E-state index is 12.7. The van der Waals surface area contributed by atoms with Crippen LogP contribution in [0, 0.1) is 6.92 Å². The summed E-state index contributed by atoms with van der Waals surface area (Å²) in [7, 11) is 1.23. The summed E-state index contributed by atoms with van der Waals surface area (Å²) >= 11 is 2.18. The van der Waals surface area contributed by atoms with Gasteiger partial charge in [0.05, 0.1) is 23.3 Å². The van der Waals surface area contributed by atoms with Crippen LogP contribution in [0.2, 0.25) is 0 Å². The number of carbonyl (C=O) groups excluding carboxylic acids is 3. The van der Waals surface area contributed by atoms with E-state index in [1.165, 1.54) is 24.4 Å². The number of esters is 1. The maximum absolute atomic E-state index is 12.7. The zero-order valence-electron chi connectivity index (χ0n) is 20.6. The van der Waals surface area contributed by atoms with Crippen molar-refractivity contribution in [2.45, 2.75) is 51.7 Å². The van der Waals surface area contributed by atoms with E-state index in [1.54, 1.807) is 6.92 Å². The molecular formula is C24H29N5O4S2. The lowest BCUT2D eigenvalue weighted by molar-refractivity contribution is -0.113. The van der Waals surface area contributed by atoms with Gasteiger partial charge in [-0.3, -0.25) is 9.59 Å². The molecule has 0 unspecified atom stereocenters. The Morgan fingerprint density at radius 2 is 1.83 bits per heavy atom. The fraction of sp³-hybridized carbons (Fsp3) is 0.375. The zero-order chi connectivity index (χ0) is 25.9. The average Bonchev–Trinajstić information content (AvgIpc) is 3.37. The minimum Gasteiger partial charge on any atom is -0.465 e. The quantitative estimate of drug-likeness (QED) is 0.339. The maximum Gasteiger partial charge on any atom is 0.341 e. The molecule has 3 aromatic rings. The van der Waals surface area contributed by atoms with Crippen LogP contribution in [0.1, 0.15) is 58.9 Å². The molecule has 186 valence electrons. The second kappa shape index (κ2) is 10.6. The molecule has 2 aromatic heterocycles. The molecule has 0 aliphatic rings. The van der Waals surface area contributed by atoms with Gasteiger partial charge in [-0.25, -0.2) is 4.79 Å². The number of primary amides is 1. The molecule has 0 atom stereocenters. The number of methoxy groups -OCH3 is 1. The van der Waals surface area contributed by atoms with Crippen molar-refractivity contribution >= 4 is 45.9 Å². The molecule has 35 heavy (non-hydrogen) atoms. The van der Waals surface area contributed by atoms with Crippen molar-refractivity contribution in [1.29, 1.82) is 0 Å². The topological polar surface area (TPSA) is 129 Å². The molecule has 9 nitrogen and oxygen atoms in total. The molecule has 2 heterocycles. The Morgan fingerprint density at radius 3 is 2.37 bits per heavy atom. The minimum atomic E-state index is -0.674. The van der Waals surface area contributed by atoms with Gasteiger partial charge in [-0.15, -0.1) is 21.5 Å². The third-order valence-corrected chi connectivity index (χ3v) is 7.58. The fourth-order valence-electron chi connectivity index (χ4n) is 3.49. The van der Waals surface area contributed by atoms with Gasteiger partial charge in [0.1, 0.15) is 5.00 Å². The highest BCUT2D eigenvalue weighted by Crippen LogP contribution is 2.34. The van der Waals surface area contributed by atoms with Crippen LogP contribution in [0.15, 0.2) is 29.4 Å². The van der Waals surface area contributed by atoms with Gasteiger partial charge in [0, 0.05) is 12.1 Å². The van der Waals surface area contributed by atoms with Gasteiger partial charge in [-0.05, 0) is 30.4 Å². The molecule has 0 bridgehead atoms. The van der Waals surface area contributed by atoms with E-state index in [2.05, 4.69) is 48.4 Å². The summed E-state index contributed by atoms with van der Waals surface area (Å²) in [5, 5.41) is 12.2. The first-order chi connectivity index (χ1) is 16.5. The Hall–Kier alpha value is -3.18. The highest BCUT2D eigenvalue weighted by Gasteiger charge is 2.25. The van der Waals surface area contributed by atoms with E-state index in [0.717, 1.165) is 22.7 Å². The van der Waals surface area contributed by atoms with E-state index in [9.17, 15) is 14.4 Å². The molecule has 3 N–H and O–H groups in total. The van der Waals surface area contributed by atoms with Gasteiger partial charge < -0.3 is 20.4 Å². The zero-order valence-corrected chi connectivity index (χ0v) is 22.2. The Kier molecular flexibility index (Phi) is 8.01. The normalized spacial score (nSPS) is 11.4. The van der Waals surface area contributed by atoms with Crippen LogP contribution in [0.4, 0.5) is 5.00 Å². The van der Waals surface area contributed by atoms with Crippen molar-refractivity contribution in [3.8, 4) is 11.4 Å². The van der Waals surface area contributed by atoms with Crippen LogP contribution in [-0.2, 0) is 21.5 Å². The number of anilines is 1. The predicted octanol–water partition coefficient (Wildman–Crippen LogP) is 4.25. The Balaban J connectivity index is 1.76. The fourth-order valence-corrected chi connectivity index (χ4v) is 5.36. The molecule has 0 aliphatic heterocycles. The standard InChI is InChI=1S/C24H29N5O4S2/c1-7-29-20(14-8-10-15(11-9-14)24(3,4)5)27-28-23(29)34-12-16(30)26-21-17(22(32)33-6)13(2)18(35-21)19(25)31/h8-11H,7,12H2,1-6H3,(H2,25,31)(H,26,30). The first kappa shape index (κ1) is 26.4. The number of ether oxygens (including phenoxy) is 1. The van der Waals surface area contributed by atoms with Gasteiger partial charge in [0.15, 0.2) is 11.0 Å². The van der Waals surface area contributed by atoms with E-state index < -0.39 is 11.9 Å². The number of carbonyl (C=O) groups is 3. The molecule has 0 aliphatic carbocycles. The van der Waals surface area contributed by atoms with Crippen LogP contribution in [0.5, 0.6) is 0 Å². The molecule has 2 amide bonds. The lowest BCUT2D eigenvalue weighted by atomic mass is 9.87. The van der Waals surface area contributed by atoms with Crippen LogP contribution in [0.3, 0.4) is 0 Å². The highest BCUT2D eigenvalue weighted by atomic mass is 32.2. The lowest BCUT2D eigenvalue weighted by Gasteiger charge is -2.19. The monoisotopic (exact) mass is 515 g/mol. The summed E-state index contributed by atoms with van der Waals surface area (Å²) in [6.07, 6.45) is 0. The second-order valence-corrected chi connectivity index (χ2v) is 10.8. The summed E-state index contributed by atoms with van der Waals surface area (Å²) < 4.78 is 6.75. The number of benzene rings is 1. The van der Waals surface area contributed by atoms with Crippen LogP contribution < -0.4 is 11.1 Å². The lowest BCUT2D eigenvalue weighted by Crippen LogP contribution is -2.16. The molecule has 0 fully saturated rings. The van der Waals surface area contributed by atoms with E-state index in [1.807, 2.05) is 23.6 Å². The molecule has 0 saturated carbocycles.